The number of carbonyl (C=O) groups is 1. The maximum Gasteiger partial charge on any atom is 0.256 e. The van der Waals surface area contributed by atoms with Crippen molar-refractivity contribution in [3.05, 3.63) is 17.7 Å². The smallest absolute Gasteiger partial charge is 0.256 e. The Morgan fingerprint density at radius 2 is 1.86 bits per heavy atom. The number of carbonyl (C=O) groups excluding carboxylic acids is 1. The number of anilines is 1. The van der Waals surface area contributed by atoms with Gasteiger partial charge in [0.1, 0.15) is 11.5 Å². The molecule has 2 unspecified atom stereocenters. The summed E-state index contributed by atoms with van der Waals surface area (Å²) in [5, 5.41) is 0.845. The van der Waals surface area contributed by atoms with Crippen molar-refractivity contribution in [3.8, 4) is 11.5 Å². The number of nitrogen functional groups attached to an aromatic ring is 1. The van der Waals surface area contributed by atoms with Gasteiger partial charge in [-0.3, -0.25) is 4.79 Å². The van der Waals surface area contributed by atoms with Crippen LogP contribution in [0.5, 0.6) is 11.5 Å². The fraction of sp³-hybridized carbons (Fsp3) is 0.533. The molecule has 6 heteroatoms. The average Bonchev–Trinajstić information content (AvgIpc) is 2.45. The monoisotopic (exact) mass is 310 g/mol. The maximum absolute atomic E-state index is 12.8. The van der Waals surface area contributed by atoms with Gasteiger partial charge < -0.3 is 20.1 Å². The van der Waals surface area contributed by atoms with E-state index >= 15 is 0 Å². The molecule has 1 aromatic carbocycles. The molecular formula is C15H22N2O3S. The van der Waals surface area contributed by atoms with E-state index in [1.165, 1.54) is 7.11 Å². The van der Waals surface area contributed by atoms with E-state index in [9.17, 15) is 4.79 Å². The molecule has 21 heavy (non-hydrogen) atoms. The van der Waals surface area contributed by atoms with Gasteiger partial charge in [0.15, 0.2) is 0 Å². The lowest BCUT2D eigenvalue weighted by atomic mass is 10.1. The third kappa shape index (κ3) is 3.37. The van der Waals surface area contributed by atoms with Crippen LogP contribution in [-0.2, 0) is 0 Å². The molecule has 2 atom stereocenters. The fourth-order valence-corrected chi connectivity index (χ4v) is 3.90. The van der Waals surface area contributed by atoms with Gasteiger partial charge in [-0.1, -0.05) is 13.8 Å². The normalized spacial score (nSPS) is 22.0. The maximum atomic E-state index is 12.8. The van der Waals surface area contributed by atoms with Gasteiger partial charge in [0.05, 0.1) is 25.5 Å². The second kappa shape index (κ2) is 6.47. The number of hydrogen-bond acceptors (Lipinski definition) is 5. The number of rotatable bonds is 3. The number of nitrogens with two attached hydrogens (primary N) is 1. The van der Waals surface area contributed by atoms with Gasteiger partial charge in [-0.05, 0) is 6.07 Å². The number of amides is 1. The van der Waals surface area contributed by atoms with Crippen LogP contribution in [0.2, 0.25) is 0 Å². The number of hydrogen-bond donors (Lipinski definition) is 1. The van der Waals surface area contributed by atoms with Gasteiger partial charge in [0.25, 0.3) is 5.91 Å². The van der Waals surface area contributed by atoms with Crippen molar-refractivity contribution in [3.63, 3.8) is 0 Å². The second-order valence-corrected chi connectivity index (χ2v) is 7.14. The Hall–Kier alpha value is -1.56. The van der Waals surface area contributed by atoms with E-state index in [4.69, 9.17) is 15.2 Å². The van der Waals surface area contributed by atoms with Crippen LogP contribution in [0, 0.1) is 0 Å². The Morgan fingerprint density at radius 1 is 1.24 bits per heavy atom. The van der Waals surface area contributed by atoms with Crippen LogP contribution in [-0.4, -0.2) is 48.6 Å². The molecule has 1 aliphatic heterocycles. The highest BCUT2D eigenvalue weighted by Crippen LogP contribution is 2.33. The number of ether oxygens (including phenoxy) is 2. The van der Waals surface area contributed by atoms with E-state index in [0.717, 1.165) is 13.1 Å². The van der Waals surface area contributed by atoms with Gasteiger partial charge in [-0.15, -0.1) is 0 Å². The fourth-order valence-electron chi connectivity index (χ4n) is 2.58. The molecule has 1 aliphatic rings. The van der Waals surface area contributed by atoms with Crippen LogP contribution in [0.4, 0.5) is 5.69 Å². The molecule has 1 heterocycles. The minimum absolute atomic E-state index is 0.0660. The van der Waals surface area contributed by atoms with Crippen molar-refractivity contribution < 1.29 is 14.3 Å². The van der Waals surface area contributed by atoms with E-state index in [0.29, 0.717) is 33.2 Å². The first-order chi connectivity index (χ1) is 9.96. The molecular weight excluding hydrogens is 288 g/mol. The first-order valence-electron chi connectivity index (χ1n) is 6.92. The van der Waals surface area contributed by atoms with Crippen LogP contribution >= 0.6 is 11.8 Å². The van der Waals surface area contributed by atoms with Gasteiger partial charge >= 0.3 is 0 Å². The molecule has 2 N–H and O–H groups in total. The quantitative estimate of drug-likeness (QED) is 0.868. The summed E-state index contributed by atoms with van der Waals surface area (Å²) in [4.78, 5) is 14.6. The zero-order valence-corrected chi connectivity index (χ0v) is 13.7. The lowest BCUT2D eigenvalue weighted by Crippen LogP contribution is -2.44. The minimum Gasteiger partial charge on any atom is -0.497 e. The molecule has 116 valence electrons. The van der Waals surface area contributed by atoms with Crippen LogP contribution in [0.1, 0.15) is 24.2 Å². The molecule has 1 aromatic rings. The van der Waals surface area contributed by atoms with Crippen LogP contribution in [0.15, 0.2) is 12.1 Å². The Balaban J connectivity index is 2.34. The first-order valence-corrected chi connectivity index (χ1v) is 7.86. The molecule has 1 amide bonds. The van der Waals surface area contributed by atoms with E-state index in [1.807, 2.05) is 16.7 Å². The Labute approximate surface area is 129 Å². The van der Waals surface area contributed by atoms with Crippen molar-refractivity contribution >= 4 is 23.4 Å². The van der Waals surface area contributed by atoms with E-state index in [1.54, 1.807) is 19.2 Å². The van der Waals surface area contributed by atoms with Crippen molar-refractivity contribution in [2.75, 3.05) is 33.0 Å². The summed E-state index contributed by atoms with van der Waals surface area (Å²) in [6.07, 6.45) is 0. The summed E-state index contributed by atoms with van der Waals surface area (Å²) in [6.45, 7) is 5.73. The van der Waals surface area contributed by atoms with Crippen molar-refractivity contribution in [2.24, 2.45) is 0 Å². The summed E-state index contributed by atoms with van der Waals surface area (Å²) in [5.41, 5.74) is 6.87. The number of benzene rings is 1. The molecule has 0 spiro atoms. The van der Waals surface area contributed by atoms with E-state index in [2.05, 4.69) is 13.8 Å². The number of nitrogens with zero attached hydrogens (tertiary/aromatic N) is 1. The molecule has 0 radical (unpaired) electrons. The summed E-state index contributed by atoms with van der Waals surface area (Å²) in [7, 11) is 3.09. The molecule has 1 saturated heterocycles. The molecule has 0 aromatic heterocycles. The Morgan fingerprint density at radius 3 is 2.38 bits per heavy atom. The predicted molar refractivity (Wildman–Crippen MR) is 86.4 cm³/mol. The lowest BCUT2D eigenvalue weighted by molar-refractivity contribution is 0.0753. The highest BCUT2D eigenvalue weighted by atomic mass is 32.2. The molecule has 2 rings (SSSR count). The zero-order chi connectivity index (χ0) is 15.6. The van der Waals surface area contributed by atoms with Gasteiger partial charge in [0, 0.05) is 29.7 Å². The van der Waals surface area contributed by atoms with Crippen molar-refractivity contribution in [1.29, 1.82) is 0 Å². The first kappa shape index (κ1) is 15.8. The largest absolute Gasteiger partial charge is 0.497 e. The van der Waals surface area contributed by atoms with Crippen molar-refractivity contribution in [2.45, 2.75) is 24.3 Å². The highest BCUT2D eigenvalue weighted by molar-refractivity contribution is 8.00. The lowest BCUT2D eigenvalue weighted by Gasteiger charge is -2.35. The predicted octanol–water partition coefficient (Wildman–Crippen LogP) is 2.25. The number of methoxy groups -OCH3 is 2. The van der Waals surface area contributed by atoms with Crippen LogP contribution in [0.25, 0.3) is 0 Å². The van der Waals surface area contributed by atoms with Crippen LogP contribution < -0.4 is 15.2 Å². The van der Waals surface area contributed by atoms with Gasteiger partial charge in [-0.25, -0.2) is 0 Å². The minimum atomic E-state index is -0.0660. The third-order valence-electron chi connectivity index (χ3n) is 3.51. The second-order valence-electron chi connectivity index (χ2n) is 5.26. The van der Waals surface area contributed by atoms with E-state index in [-0.39, 0.29) is 5.91 Å². The summed E-state index contributed by atoms with van der Waals surface area (Å²) >= 11 is 1.90. The standard InChI is InChI=1S/C15H22N2O3S/c1-9-7-17(8-10(2)21-9)15(18)12-5-11(19-3)6-13(20-4)14(12)16/h5-6,9-10H,7-8,16H2,1-4H3. The zero-order valence-electron chi connectivity index (χ0n) is 12.9. The molecule has 5 nitrogen and oxygen atoms in total. The van der Waals surface area contributed by atoms with Gasteiger partial charge in [0.2, 0.25) is 0 Å². The molecule has 0 aliphatic carbocycles. The summed E-state index contributed by atoms with van der Waals surface area (Å²) in [5.74, 6) is 0.964. The molecule has 0 saturated carbocycles. The third-order valence-corrected chi connectivity index (χ3v) is 4.74. The molecule has 1 fully saturated rings. The Bertz CT molecular complexity index is 526. The SMILES string of the molecule is COc1cc(OC)c(N)c(C(=O)N2CC(C)SC(C)C2)c1. The molecule has 0 bridgehead atoms. The van der Waals surface area contributed by atoms with Gasteiger partial charge in [-0.2, -0.15) is 11.8 Å². The van der Waals surface area contributed by atoms with E-state index < -0.39 is 0 Å². The topological polar surface area (TPSA) is 64.8 Å². The summed E-state index contributed by atoms with van der Waals surface area (Å²) < 4.78 is 10.4. The number of thioether (sulfide) groups is 1. The van der Waals surface area contributed by atoms with Crippen molar-refractivity contribution in [1.82, 2.24) is 4.90 Å². The van der Waals surface area contributed by atoms with Crippen LogP contribution in [0.3, 0.4) is 0 Å². The summed E-state index contributed by atoms with van der Waals surface area (Å²) in [6, 6.07) is 3.36. The average molecular weight is 310 g/mol. The highest BCUT2D eigenvalue weighted by Gasteiger charge is 2.28. The Kier molecular flexibility index (Phi) is 4.88.